The van der Waals surface area contributed by atoms with Gasteiger partial charge in [-0.05, 0) is 53.2 Å². The van der Waals surface area contributed by atoms with Crippen molar-refractivity contribution in [3.05, 3.63) is 0 Å². The van der Waals surface area contributed by atoms with Gasteiger partial charge in [0.25, 0.3) is 0 Å². The Hall–Kier alpha value is -0.590. The van der Waals surface area contributed by atoms with Crippen molar-refractivity contribution in [3.8, 4) is 6.07 Å². The maximum absolute atomic E-state index is 9.20. The summed E-state index contributed by atoms with van der Waals surface area (Å²) in [6, 6.07) is 2.88. The average Bonchev–Trinajstić information content (AvgIpc) is 2.28. The zero-order valence-electron chi connectivity index (χ0n) is 11.6. The monoisotopic (exact) mass is 237 g/mol. The molecule has 2 atom stereocenters. The van der Waals surface area contributed by atoms with Gasteiger partial charge in [-0.25, -0.2) is 0 Å². The Labute approximate surface area is 106 Å². The molecule has 3 nitrogen and oxygen atoms in total. The minimum absolute atomic E-state index is 0.387. The van der Waals surface area contributed by atoms with Gasteiger partial charge < -0.3 is 10.2 Å². The van der Waals surface area contributed by atoms with Gasteiger partial charge in [-0.2, -0.15) is 5.26 Å². The third-order valence-electron chi connectivity index (χ3n) is 4.02. The van der Waals surface area contributed by atoms with Crippen molar-refractivity contribution in [2.75, 3.05) is 20.1 Å². The summed E-state index contributed by atoms with van der Waals surface area (Å²) in [5, 5.41) is 12.3. The van der Waals surface area contributed by atoms with E-state index < -0.39 is 0 Å². The van der Waals surface area contributed by atoms with E-state index in [4.69, 9.17) is 0 Å². The lowest BCUT2D eigenvalue weighted by Gasteiger charge is -2.34. The first-order valence-electron chi connectivity index (χ1n) is 6.95. The second-order valence-electron chi connectivity index (χ2n) is 5.55. The summed E-state index contributed by atoms with van der Waals surface area (Å²) >= 11 is 0. The number of hydrogen-bond acceptors (Lipinski definition) is 3. The molecule has 1 N–H and O–H groups in total. The van der Waals surface area contributed by atoms with Crippen molar-refractivity contribution in [1.82, 2.24) is 10.2 Å². The van der Waals surface area contributed by atoms with Crippen LogP contribution in [0.25, 0.3) is 0 Å². The molecule has 0 aliphatic carbocycles. The SMILES string of the molecule is CNC(C)(C#N)CC(C)N1CCCCCCC1. The highest BCUT2D eigenvalue weighted by atomic mass is 15.2. The van der Waals surface area contributed by atoms with Crippen LogP contribution in [0.15, 0.2) is 0 Å². The number of rotatable bonds is 4. The third kappa shape index (κ3) is 4.65. The number of nitrogens with one attached hydrogen (secondary N) is 1. The van der Waals surface area contributed by atoms with E-state index in [0.717, 1.165) is 6.42 Å². The highest BCUT2D eigenvalue weighted by Gasteiger charge is 2.27. The van der Waals surface area contributed by atoms with Gasteiger partial charge in [0, 0.05) is 6.04 Å². The van der Waals surface area contributed by atoms with E-state index in [-0.39, 0.29) is 5.54 Å². The Balaban J connectivity index is 2.49. The minimum atomic E-state index is -0.387. The third-order valence-corrected chi connectivity index (χ3v) is 4.02. The Morgan fingerprint density at radius 1 is 1.24 bits per heavy atom. The number of nitriles is 1. The van der Waals surface area contributed by atoms with Crippen LogP contribution in [0, 0.1) is 11.3 Å². The normalized spacial score (nSPS) is 24.1. The van der Waals surface area contributed by atoms with Gasteiger partial charge in [-0.1, -0.05) is 19.3 Å². The molecule has 1 aliphatic heterocycles. The molecule has 0 bridgehead atoms. The summed E-state index contributed by atoms with van der Waals surface area (Å²) in [6.07, 6.45) is 7.66. The van der Waals surface area contributed by atoms with Gasteiger partial charge in [0.15, 0.2) is 0 Å². The average molecular weight is 237 g/mol. The van der Waals surface area contributed by atoms with Crippen molar-refractivity contribution < 1.29 is 0 Å². The standard InChI is InChI=1S/C14H27N3/c1-13(11-14(2,12-15)16-3)17-9-7-5-4-6-8-10-17/h13,16H,4-11H2,1-3H3. The number of likely N-dealkylation sites (tertiary alicyclic amines) is 1. The Morgan fingerprint density at radius 2 is 1.76 bits per heavy atom. The predicted octanol–water partition coefficient (Wildman–Crippen LogP) is 2.53. The van der Waals surface area contributed by atoms with Crippen molar-refractivity contribution in [3.63, 3.8) is 0 Å². The van der Waals surface area contributed by atoms with E-state index >= 15 is 0 Å². The number of hydrogen-bond donors (Lipinski definition) is 1. The van der Waals surface area contributed by atoms with E-state index in [1.807, 2.05) is 14.0 Å². The molecule has 17 heavy (non-hydrogen) atoms. The molecule has 1 heterocycles. The molecule has 0 spiro atoms. The van der Waals surface area contributed by atoms with Crippen molar-refractivity contribution in [2.24, 2.45) is 0 Å². The smallest absolute Gasteiger partial charge is 0.105 e. The van der Waals surface area contributed by atoms with Crippen LogP contribution in [-0.2, 0) is 0 Å². The molecule has 0 aromatic carbocycles. The van der Waals surface area contributed by atoms with Gasteiger partial charge in [0.2, 0.25) is 0 Å². The molecule has 1 fully saturated rings. The summed E-state index contributed by atoms with van der Waals surface area (Å²) in [4.78, 5) is 2.56. The van der Waals surface area contributed by atoms with Crippen molar-refractivity contribution in [2.45, 2.75) is 64.0 Å². The first kappa shape index (κ1) is 14.5. The highest BCUT2D eigenvalue weighted by Crippen LogP contribution is 2.19. The fourth-order valence-electron chi connectivity index (χ4n) is 2.64. The molecule has 3 heteroatoms. The predicted molar refractivity (Wildman–Crippen MR) is 71.8 cm³/mol. The Bertz CT molecular complexity index is 251. The number of nitrogens with zero attached hydrogens (tertiary/aromatic N) is 2. The first-order chi connectivity index (χ1) is 8.11. The summed E-state index contributed by atoms with van der Waals surface area (Å²) in [5.74, 6) is 0. The van der Waals surface area contributed by atoms with Crippen LogP contribution in [0.1, 0.15) is 52.4 Å². The second-order valence-corrected chi connectivity index (χ2v) is 5.55. The van der Waals surface area contributed by atoms with E-state index in [0.29, 0.717) is 6.04 Å². The molecule has 0 amide bonds. The molecular formula is C14H27N3. The summed E-state index contributed by atoms with van der Waals surface area (Å²) < 4.78 is 0. The molecule has 1 rings (SSSR count). The maximum Gasteiger partial charge on any atom is 0.105 e. The van der Waals surface area contributed by atoms with Gasteiger partial charge in [-0.3, -0.25) is 0 Å². The fourth-order valence-corrected chi connectivity index (χ4v) is 2.64. The second kappa shape index (κ2) is 6.98. The lowest BCUT2D eigenvalue weighted by Crippen LogP contribution is -2.46. The topological polar surface area (TPSA) is 39.1 Å². The Kier molecular flexibility index (Phi) is 5.94. The van der Waals surface area contributed by atoms with E-state index in [2.05, 4.69) is 23.2 Å². The van der Waals surface area contributed by atoms with Crippen LogP contribution >= 0.6 is 0 Å². The van der Waals surface area contributed by atoms with Gasteiger partial charge in [-0.15, -0.1) is 0 Å². The molecule has 2 unspecified atom stereocenters. The van der Waals surface area contributed by atoms with Crippen LogP contribution in [0.2, 0.25) is 0 Å². The maximum atomic E-state index is 9.20. The summed E-state index contributed by atoms with van der Waals surface area (Å²) in [6.45, 7) is 6.65. The van der Waals surface area contributed by atoms with Crippen LogP contribution in [0.4, 0.5) is 0 Å². The molecule has 0 aromatic heterocycles. The van der Waals surface area contributed by atoms with E-state index in [1.54, 1.807) is 0 Å². The molecule has 1 aliphatic rings. The first-order valence-corrected chi connectivity index (χ1v) is 6.95. The van der Waals surface area contributed by atoms with Crippen LogP contribution in [-0.4, -0.2) is 36.6 Å². The molecule has 1 saturated heterocycles. The molecule has 0 radical (unpaired) electrons. The summed E-state index contributed by atoms with van der Waals surface area (Å²) in [5.41, 5.74) is -0.387. The summed E-state index contributed by atoms with van der Waals surface area (Å²) in [7, 11) is 1.88. The van der Waals surface area contributed by atoms with Gasteiger partial charge in [0.1, 0.15) is 5.54 Å². The lowest BCUT2D eigenvalue weighted by atomic mass is 9.94. The fraction of sp³-hybridized carbons (Fsp3) is 0.929. The zero-order chi connectivity index (χ0) is 12.7. The van der Waals surface area contributed by atoms with Crippen LogP contribution in [0.3, 0.4) is 0 Å². The highest BCUT2D eigenvalue weighted by molar-refractivity contribution is 5.04. The van der Waals surface area contributed by atoms with Crippen LogP contribution in [0.5, 0.6) is 0 Å². The quantitative estimate of drug-likeness (QED) is 0.816. The van der Waals surface area contributed by atoms with Crippen LogP contribution < -0.4 is 5.32 Å². The molecular weight excluding hydrogens is 210 g/mol. The minimum Gasteiger partial charge on any atom is -0.303 e. The molecule has 0 saturated carbocycles. The van der Waals surface area contributed by atoms with Gasteiger partial charge >= 0.3 is 0 Å². The largest absolute Gasteiger partial charge is 0.303 e. The molecule has 98 valence electrons. The van der Waals surface area contributed by atoms with E-state index in [1.165, 1.54) is 45.2 Å². The zero-order valence-corrected chi connectivity index (χ0v) is 11.6. The molecule has 0 aromatic rings. The van der Waals surface area contributed by atoms with Crippen molar-refractivity contribution in [1.29, 1.82) is 5.26 Å². The van der Waals surface area contributed by atoms with Gasteiger partial charge in [0.05, 0.1) is 6.07 Å². The Morgan fingerprint density at radius 3 is 2.24 bits per heavy atom. The van der Waals surface area contributed by atoms with Crippen molar-refractivity contribution >= 4 is 0 Å². The van der Waals surface area contributed by atoms with E-state index in [9.17, 15) is 5.26 Å². The lowest BCUT2D eigenvalue weighted by molar-refractivity contribution is 0.164.